The summed E-state index contributed by atoms with van der Waals surface area (Å²) in [5, 5.41) is 3.27. The lowest BCUT2D eigenvalue weighted by Crippen LogP contribution is -2.54. The molecule has 1 saturated heterocycles. The minimum Gasteiger partial charge on any atom is -0.450 e. The SMILES string of the molecule is CCCNC(=NCC(=O)N(C)C)N1CCN(C(=O)OCC)CC1.I. The zero-order chi connectivity index (χ0) is 17.2. The summed E-state index contributed by atoms with van der Waals surface area (Å²) in [5.74, 6) is 0.691. The lowest BCUT2D eigenvalue weighted by molar-refractivity contribution is -0.127. The fourth-order valence-corrected chi connectivity index (χ4v) is 2.10. The van der Waals surface area contributed by atoms with Gasteiger partial charge in [-0.3, -0.25) is 4.79 Å². The van der Waals surface area contributed by atoms with Gasteiger partial charge in [0.25, 0.3) is 0 Å². The number of hydrogen-bond acceptors (Lipinski definition) is 4. The number of carbonyl (C=O) groups is 2. The van der Waals surface area contributed by atoms with Crippen LogP contribution < -0.4 is 5.32 Å². The third kappa shape index (κ3) is 7.54. The van der Waals surface area contributed by atoms with Crippen LogP contribution in [0.5, 0.6) is 0 Å². The van der Waals surface area contributed by atoms with E-state index in [1.807, 2.05) is 0 Å². The molecule has 1 aliphatic heterocycles. The minimum atomic E-state index is -0.269. The van der Waals surface area contributed by atoms with Crippen LogP contribution in [-0.2, 0) is 9.53 Å². The molecule has 0 radical (unpaired) electrons. The Kier molecular flexibility index (Phi) is 11.5. The number of halogens is 1. The summed E-state index contributed by atoms with van der Waals surface area (Å²) < 4.78 is 5.02. The molecule has 0 aromatic rings. The molecular weight excluding hydrogens is 425 g/mol. The quantitative estimate of drug-likeness (QED) is 0.378. The van der Waals surface area contributed by atoms with Crippen molar-refractivity contribution in [1.82, 2.24) is 20.0 Å². The Morgan fingerprint density at radius 1 is 1.12 bits per heavy atom. The molecule has 2 amide bonds. The van der Waals surface area contributed by atoms with Crippen LogP contribution in [0.3, 0.4) is 0 Å². The first kappa shape index (κ1) is 22.7. The summed E-state index contributed by atoms with van der Waals surface area (Å²) in [6.07, 6.45) is 0.707. The molecule has 0 aromatic carbocycles. The van der Waals surface area contributed by atoms with Crippen LogP contribution in [0.4, 0.5) is 4.79 Å². The highest BCUT2D eigenvalue weighted by Crippen LogP contribution is 2.04. The van der Waals surface area contributed by atoms with Crippen molar-refractivity contribution >= 4 is 41.9 Å². The Morgan fingerprint density at radius 2 is 1.71 bits per heavy atom. The normalized spacial score (nSPS) is 14.8. The summed E-state index contributed by atoms with van der Waals surface area (Å²) in [7, 11) is 3.43. The molecule has 1 rings (SSSR count). The first-order valence-electron chi connectivity index (χ1n) is 8.14. The number of nitrogens with zero attached hydrogens (tertiary/aromatic N) is 4. The molecule has 0 aliphatic carbocycles. The fraction of sp³-hybridized carbons (Fsp3) is 0.800. The number of aliphatic imine (C=N–C) groups is 1. The van der Waals surface area contributed by atoms with E-state index in [1.165, 1.54) is 4.90 Å². The lowest BCUT2D eigenvalue weighted by atomic mass is 10.3. The van der Waals surface area contributed by atoms with Gasteiger partial charge in [-0.05, 0) is 13.3 Å². The van der Waals surface area contributed by atoms with Crippen LogP contribution in [-0.4, -0.2) is 92.6 Å². The van der Waals surface area contributed by atoms with Crippen molar-refractivity contribution in [2.45, 2.75) is 20.3 Å². The zero-order valence-electron chi connectivity index (χ0n) is 15.1. The molecule has 9 heteroatoms. The summed E-state index contributed by atoms with van der Waals surface area (Å²) in [6.45, 7) is 7.71. The topological polar surface area (TPSA) is 77.5 Å². The molecule has 0 atom stereocenters. The Bertz CT molecular complexity index is 423. The van der Waals surface area contributed by atoms with Gasteiger partial charge in [-0.15, -0.1) is 24.0 Å². The second-order valence-corrected chi connectivity index (χ2v) is 5.53. The molecule has 0 spiro atoms. The standard InChI is InChI=1S/C15H29N5O3.HI/c1-5-7-16-14(17-12-13(21)18(3)4)19-8-10-20(11-9-19)15(22)23-6-2;/h5-12H2,1-4H3,(H,16,17);1H. The van der Waals surface area contributed by atoms with Gasteiger partial charge in [0.2, 0.25) is 5.91 Å². The molecule has 140 valence electrons. The van der Waals surface area contributed by atoms with E-state index in [9.17, 15) is 9.59 Å². The number of ether oxygens (including phenoxy) is 1. The van der Waals surface area contributed by atoms with Crippen molar-refractivity contribution in [2.24, 2.45) is 4.99 Å². The van der Waals surface area contributed by atoms with Crippen molar-refractivity contribution in [3.63, 3.8) is 0 Å². The number of nitrogens with one attached hydrogen (secondary N) is 1. The molecule has 1 N–H and O–H groups in total. The zero-order valence-corrected chi connectivity index (χ0v) is 17.4. The molecule has 8 nitrogen and oxygen atoms in total. The lowest BCUT2D eigenvalue weighted by Gasteiger charge is -2.36. The van der Waals surface area contributed by atoms with Crippen LogP contribution in [0.15, 0.2) is 4.99 Å². The molecule has 0 bridgehead atoms. The van der Waals surface area contributed by atoms with Crippen LogP contribution in [0.2, 0.25) is 0 Å². The third-order valence-electron chi connectivity index (χ3n) is 3.50. The summed E-state index contributed by atoms with van der Waals surface area (Å²) in [5.41, 5.74) is 0. The molecular formula is C15H30IN5O3. The Morgan fingerprint density at radius 3 is 2.21 bits per heavy atom. The van der Waals surface area contributed by atoms with Gasteiger partial charge in [-0.2, -0.15) is 0 Å². The summed E-state index contributed by atoms with van der Waals surface area (Å²) in [4.78, 5) is 33.2. The number of carbonyl (C=O) groups excluding carboxylic acids is 2. The van der Waals surface area contributed by atoms with E-state index in [-0.39, 0.29) is 42.5 Å². The van der Waals surface area contributed by atoms with Gasteiger partial charge in [0.05, 0.1) is 6.61 Å². The van der Waals surface area contributed by atoms with Crippen molar-refractivity contribution in [1.29, 1.82) is 0 Å². The highest BCUT2D eigenvalue weighted by Gasteiger charge is 2.23. The first-order chi connectivity index (χ1) is 11.0. The van der Waals surface area contributed by atoms with Crippen LogP contribution in [0, 0.1) is 0 Å². The van der Waals surface area contributed by atoms with Crippen molar-refractivity contribution < 1.29 is 14.3 Å². The van der Waals surface area contributed by atoms with Crippen LogP contribution in [0.25, 0.3) is 0 Å². The molecule has 24 heavy (non-hydrogen) atoms. The highest BCUT2D eigenvalue weighted by molar-refractivity contribution is 14.0. The number of hydrogen-bond donors (Lipinski definition) is 1. The number of guanidine groups is 1. The number of piperazine rings is 1. The van der Waals surface area contributed by atoms with E-state index in [2.05, 4.69) is 22.1 Å². The number of amides is 2. The maximum Gasteiger partial charge on any atom is 0.409 e. The maximum absolute atomic E-state index is 11.7. The first-order valence-corrected chi connectivity index (χ1v) is 8.14. The van der Waals surface area contributed by atoms with Crippen molar-refractivity contribution in [2.75, 3.05) is 60.0 Å². The van der Waals surface area contributed by atoms with Gasteiger partial charge < -0.3 is 24.8 Å². The molecule has 1 aliphatic rings. The second-order valence-electron chi connectivity index (χ2n) is 5.53. The molecule has 0 unspecified atom stereocenters. The smallest absolute Gasteiger partial charge is 0.409 e. The molecule has 1 fully saturated rings. The highest BCUT2D eigenvalue weighted by atomic mass is 127. The minimum absolute atomic E-state index is 0. The van der Waals surface area contributed by atoms with E-state index in [1.54, 1.807) is 25.9 Å². The summed E-state index contributed by atoms with van der Waals surface area (Å²) in [6, 6.07) is 0. The van der Waals surface area contributed by atoms with Gasteiger partial charge in [0.1, 0.15) is 6.54 Å². The van der Waals surface area contributed by atoms with Gasteiger partial charge in [0.15, 0.2) is 5.96 Å². The Balaban J connectivity index is 0.00000529. The maximum atomic E-state index is 11.7. The number of rotatable bonds is 5. The predicted molar refractivity (Wildman–Crippen MR) is 105 cm³/mol. The predicted octanol–water partition coefficient (Wildman–Crippen LogP) is 0.822. The van der Waals surface area contributed by atoms with Gasteiger partial charge in [-0.25, -0.2) is 9.79 Å². The average Bonchev–Trinajstić information content (AvgIpc) is 2.55. The van der Waals surface area contributed by atoms with E-state index < -0.39 is 0 Å². The van der Waals surface area contributed by atoms with Crippen molar-refractivity contribution in [3.8, 4) is 0 Å². The monoisotopic (exact) mass is 455 g/mol. The van der Waals surface area contributed by atoms with E-state index >= 15 is 0 Å². The van der Waals surface area contributed by atoms with E-state index in [0.717, 1.165) is 18.9 Å². The van der Waals surface area contributed by atoms with E-state index in [4.69, 9.17) is 4.74 Å². The third-order valence-corrected chi connectivity index (χ3v) is 3.50. The Hall–Kier alpha value is -1.26. The molecule has 0 aromatic heterocycles. The number of likely N-dealkylation sites (N-methyl/N-ethyl adjacent to an activating group) is 1. The average molecular weight is 455 g/mol. The van der Waals surface area contributed by atoms with Gasteiger partial charge in [0, 0.05) is 46.8 Å². The largest absolute Gasteiger partial charge is 0.450 e. The van der Waals surface area contributed by atoms with Crippen LogP contribution >= 0.6 is 24.0 Å². The fourth-order valence-electron chi connectivity index (χ4n) is 2.10. The molecule has 0 saturated carbocycles. The van der Waals surface area contributed by atoms with Gasteiger partial charge >= 0.3 is 6.09 Å². The molecule has 1 heterocycles. The van der Waals surface area contributed by atoms with Gasteiger partial charge in [-0.1, -0.05) is 6.92 Å². The van der Waals surface area contributed by atoms with Crippen molar-refractivity contribution in [3.05, 3.63) is 0 Å². The van der Waals surface area contributed by atoms with Crippen LogP contribution in [0.1, 0.15) is 20.3 Å². The summed E-state index contributed by atoms with van der Waals surface area (Å²) >= 11 is 0. The second kappa shape index (κ2) is 12.2. The van der Waals surface area contributed by atoms with E-state index in [0.29, 0.717) is 32.8 Å². The Labute approximate surface area is 161 Å².